The number of nitrogens with zero attached hydrogens (tertiary/aromatic N) is 2. The van der Waals surface area contributed by atoms with Crippen molar-refractivity contribution >= 4 is 16.7 Å². The minimum Gasteiger partial charge on any atom is -0.340 e. The highest BCUT2D eigenvalue weighted by atomic mass is 16.2. The van der Waals surface area contributed by atoms with Gasteiger partial charge in [-0.1, -0.05) is 42.5 Å². The zero-order valence-electron chi connectivity index (χ0n) is 14.4. The van der Waals surface area contributed by atoms with Gasteiger partial charge in [-0.15, -0.1) is 0 Å². The molecule has 3 rings (SSSR count). The molecule has 1 fully saturated rings. The summed E-state index contributed by atoms with van der Waals surface area (Å²) >= 11 is 0. The number of hydrogen-bond acceptors (Lipinski definition) is 3. The van der Waals surface area contributed by atoms with Crippen LogP contribution in [-0.2, 0) is 11.2 Å². The second kappa shape index (κ2) is 7.77. The van der Waals surface area contributed by atoms with Crippen molar-refractivity contribution in [3.05, 3.63) is 48.0 Å². The maximum Gasteiger partial charge on any atom is 0.239 e. The largest absolute Gasteiger partial charge is 0.340 e. The first-order valence-corrected chi connectivity index (χ1v) is 8.86. The van der Waals surface area contributed by atoms with E-state index >= 15 is 0 Å². The smallest absolute Gasteiger partial charge is 0.239 e. The van der Waals surface area contributed by atoms with Crippen molar-refractivity contribution in [2.45, 2.75) is 25.3 Å². The Labute approximate surface area is 144 Å². The van der Waals surface area contributed by atoms with Gasteiger partial charge in [0.25, 0.3) is 0 Å². The number of fused-ring (bicyclic) bond motifs is 1. The van der Waals surface area contributed by atoms with Crippen LogP contribution in [0.3, 0.4) is 0 Å². The quantitative estimate of drug-likeness (QED) is 0.886. The molecule has 0 aromatic heterocycles. The number of piperazine rings is 1. The van der Waals surface area contributed by atoms with Gasteiger partial charge in [0.15, 0.2) is 0 Å². The number of benzene rings is 2. The van der Waals surface area contributed by atoms with Gasteiger partial charge in [0, 0.05) is 19.6 Å². The van der Waals surface area contributed by atoms with Crippen molar-refractivity contribution in [1.82, 2.24) is 9.80 Å². The van der Waals surface area contributed by atoms with E-state index in [1.165, 1.54) is 16.3 Å². The maximum absolute atomic E-state index is 12.7. The third kappa shape index (κ3) is 3.77. The minimum absolute atomic E-state index is 0.00102. The topological polar surface area (TPSA) is 49.6 Å². The Morgan fingerprint density at radius 1 is 1.12 bits per heavy atom. The lowest BCUT2D eigenvalue weighted by Crippen LogP contribution is -2.55. The molecule has 2 N–H and O–H groups in total. The molecular formula is C20H27N3O. The molecule has 1 atom stereocenters. The summed E-state index contributed by atoms with van der Waals surface area (Å²) in [4.78, 5) is 16.9. The van der Waals surface area contributed by atoms with Crippen molar-refractivity contribution in [1.29, 1.82) is 0 Å². The van der Waals surface area contributed by atoms with E-state index in [1.807, 2.05) is 11.9 Å². The number of likely N-dealkylation sites (N-methyl/N-ethyl adjacent to an activating group) is 1. The van der Waals surface area contributed by atoms with E-state index in [2.05, 4.69) is 47.4 Å². The molecule has 24 heavy (non-hydrogen) atoms. The molecule has 2 aromatic carbocycles. The number of hydrogen-bond donors (Lipinski definition) is 1. The molecule has 0 bridgehead atoms. The molecule has 1 amide bonds. The summed E-state index contributed by atoms with van der Waals surface area (Å²) in [6.45, 7) is 3.21. The first kappa shape index (κ1) is 16.9. The summed E-state index contributed by atoms with van der Waals surface area (Å²) in [5, 5.41) is 2.53. The van der Waals surface area contributed by atoms with E-state index in [4.69, 9.17) is 5.73 Å². The first-order chi connectivity index (χ1) is 11.7. The zero-order chi connectivity index (χ0) is 16.9. The fourth-order valence-corrected chi connectivity index (χ4v) is 3.48. The molecule has 1 aliphatic rings. The third-order valence-electron chi connectivity index (χ3n) is 5.02. The molecule has 2 aromatic rings. The average Bonchev–Trinajstić information content (AvgIpc) is 2.61. The summed E-state index contributed by atoms with van der Waals surface area (Å²) in [5.74, 6) is 0.262. The van der Waals surface area contributed by atoms with E-state index in [0.29, 0.717) is 6.54 Å². The number of carbonyl (C=O) groups excluding carboxylic acids is 1. The van der Waals surface area contributed by atoms with E-state index in [9.17, 15) is 4.79 Å². The Morgan fingerprint density at radius 3 is 2.71 bits per heavy atom. The monoisotopic (exact) mass is 325 g/mol. The van der Waals surface area contributed by atoms with E-state index in [1.54, 1.807) is 0 Å². The first-order valence-electron chi connectivity index (χ1n) is 8.86. The van der Waals surface area contributed by atoms with E-state index in [0.717, 1.165) is 38.9 Å². The summed E-state index contributed by atoms with van der Waals surface area (Å²) in [5.41, 5.74) is 6.90. The Hall–Kier alpha value is -1.91. The Kier molecular flexibility index (Phi) is 5.48. The van der Waals surface area contributed by atoms with Gasteiger partial charge in [-0.2, -0.15) is 0 Å². The number of rotatable bonds is 6. The second-order valence-corrected chi connectivity index (χ2v) is 6.68. The van der Waals surface area contributed by atoms with Gasteiger partial charge in [-0.25, -0.2) is 0 Å². The predicted molar refractivity (Wildman–Crippen MR) is 98.9 cm³/mol. The highest BCUT2D eigenvalue weighted by Crippen LogP contribution is 2.18. The van der Waals surface area contributed by atoms with Crippen LogP contribution in [0.15, 0.2) is 42.5 Å². The number of carbonyl (C=O) groups is 1. The highest BCUT2D eigenvalue weighted by Gasteiger charge is 2.31. The molecule has 128 valence electrons. The van der Waals surface area contributed by atoms with Crippen LogP contribution >= 0.6 is 0 Å². The minimum atomic E-state index is -0.00102. The van der Waals surface area contributed by atoms with Gasteiger partial charge in [-0.3, -0.25) is 9.69 Å². The lowest BCUT2D eigenvalue weighted by molar-refractivity contribution is -0.141. The maximum atomic E-state index is 12.7. The summed E-state index contributed by atoms with van der Waals surface area (Å²) in [7, 11) is 2.04. The van der Waals surface area contributed by atoms with Crippen molar-refractivity contribution in [2.75, 3.05) is 33.2 Å². The van der Waals surface area contributed by atoms with Crippen molar-refractivity contribution in [2.24, 2.45) is 5.73 Å². The number of amides is 1. The molecule has 4 heteroatoms. The Morgan fingerprint density at radius 2 is 1.92 bits per heavy atom. The Bertz CT molecular complexity index is 700. The van der Waals surface area contributed by atoms with Gasteiger partial charge in [-0.05, 0) is 49.2 Å². The normalized spacial score (nSPS) is 19.2. The van der Waals surface area contributed by atoms with Crippen LogP contribution in [0.1, 0.15) is 18.4 Å². The predicted octanol–water partition coefficient (Wildman–Crippen LogP) is 2.26. The Balaban J connectivity index is 1.63. The van der Waals surface area contributed by atoms with E-state index < -0.39 is 0 Å². The molecular weight excluding hydrogens is 298 g/mol. The number of nitrogens with two attached hydrogens (primary N) is 1. The van der Waals surface area contributed by atoms with Gasteiger partial charge in [0.05, 0.1) is 6.04 Å². The fraction of sp³-hybridized carbons (Fsp3) is 0.450. The molecule has 0 saturated carbocycles. The lowest BCUT2D eigenvalue weighted by Gasteiger charge is -2.38. The molecule has 1 heterocycles. The average molecular weight is 325 g/mol. The van der Waals surface area contributed by atoms with Gasteiger partial charge >= 0.3 is 0 Å². The van der Waals surface area contributed by atoms with Crippen LogP contribution in [0, 0.1) is 0 Å². The van der Waals surface area contributed by atoms with Gasteiger partial charge < -0.3 is 10.6 Å². The van der Waals surface area contributed by atoms with Crippen molar-refractivity contribution in [3.63, 3.8) is 0 Å². The third-order valence-corrected chi connectivity index (χ3v) is 5.02. The van der Waals surface area contributed by atoms with Crippen LogP contribution in [-0.4, -0.2) is 55.0 Å². The van der Waals surface area contributed by atoms with Crippen molar-refractivity contribution in [3.8, 4) is 0 Å². The van der Waals surface area contributed by atoms with Crippen LogP contribution in [0.25, 0.3) is 10.8 Å². The van der Waals surface area contributed by atoms with Crippen molar-refractivity contribution < 1.29 is 4.79 Å². The van der Waals surface area contributed by atoms with Crippen LogP contribution in [0.4, 0.5) is 0 Å². The molecule has 1 aliphatic heterocycles. The lowest BCUT2D eigenvalue weighted by atomic mass is 10.0. The van der Waals surface area contributed by atoms with Crippen LogP contribution in [0.5, 0.6) is 0 Å². The SMILES string of the molecule is CN1CCN(CCc2ccc3ccccc3c2)C(=O)[C@@H]1CCCN. The van der Waals surface area contributed by atoms with E-state index in [-0.39, 0.29) is 11.9 Å². The molecule has 0 radical (unpaired) electrons. The standard InChI is InChI=1S/C20H27N3O/c1-22-13-14-23(20(24)19(22)7-4-11-21)12-10-16-8-9-17-5-2-3-6-18(17)15-16/h2-3,5-6,8-9,15,19H,4,7,10-14,21H2,1H3/t19-/m0/s1. The molecule has 0 aliphatic carbocycles. The molecule has 0 unspecified atom stereocenters. The summed E-state index contributed by atoms with van der Waals surface area (Å²) in [6, 6.07) is 15.0. The van der Waals surface area contributed by atoms with Gasteiger partial charge in [0.2, 0.25) is 5.91 Å². The molecule has 0 spiro atoms. The summed E-state index contributed by atoms with van der Waals surface area (Å²) < 4.78 is 0. The van der Waals surface area contributed by atoms with Gasteiger partial charge in [0.1, 0.15) is 0 Å². The fourth-order valence-electron chi connectivity index (χ4n) is 3.48. The summed E-state index contributed by atoms with van der Waals surface area (Å²) in [6.07, 6.45) is 2.67. The highest BCUT2D eigenvalue weighted by molar-refractivity contribution is 5.83. The molecule has 1 saturated heterocycles. The van der Waals surface area contributed by atoms with Crippen LogP contribution in [0.2, 0.25) is 0 Å². The second-order valence-electron chi connectivity index (χ2n) is 6.68. The molecule has 4 nitrogen and oxygen atoms in total. The van der Waals surface area contributed by atoms with Crippen LogP contribution < -0.4 is 5.73 Å². The zero-order valence-corrected chi connectivity index (χ0v) is 14.4.